The minimum atomic E-state index is 0.695. The Hall–Kier alpha value is -2.08. The van der Waals surface area contributed by atoms with E-state index in [4.69, 9.17) is 23.2 Å². The topological polar surface area (TPSA) is 37.2 Å². The molecule has 0 bridgehead atoms. The number of hydrogen-bond acceptors (Lipinski definition) is 4. The average Bonchev–Trinajstić information content (AvgIpc) is 3.15. The van der Waals surface area contributed by atoms with Gasteiger partial charge in [0.05, 0.1) is 6.54 Å². The maximum atomic E-state index is 5.96. The summed E-state index contributed by atoms with van der Waals surface area (Å²) < 4.78 is 1.87. The summed E-state index contributed by atoms with van der Waals surface area (Å²) in [6.07, 6.45) is 1.80. The highest BCUT2D eigenvalue weighted by Gasteiger charge is 2.20. The van der Waals surface area contributed by atoms with Gasteiger partial charge in [0.25, 0.3) is 0 Å². The van der Waals surface area contributed by atoms with Crippen molar-refractivity contribution in [2.45, 2.75) is 13.1 Å². The van der Waals surface area contributed by atoms with E-state index < -0.39 is 0 Å². The van der Waals surface area contributed by atoms with Crippen LogP contribution < -0.4 is 4.90 Å². The van der Waals surface area contributed by atoms with Crippen molar-refractivity contribution in [3.05, 3.63) is 76.0 Å². The summed E-state index contributed by atoms with van der Waals surface area (Å²) in [5.74, 6) is 0.801. The quantitative estimate of drug-likeness (QED) is 0.648. The standard InChI is InChI=1S/C20H21Cl2N5/c21-18-5-1-16(2-6-18)13-25-9-11-26(12-10-25)20-23-15-27(24-20)14-17-3-7-19(22)8-4-17/h1-8,15H,9-14H2. The third-order valence-electron chi connectivity index (χ3n) is 4.76. The van der Waals surface area contributed by atoms with Crippen LogP contribution in [0.4, 0.5) is 5.95 Å². The molecule has 1 aromatic heterocycles. The predicted molar refractivity (Wildman–Crippen MR) is 110 cm³/mol. The molecule has 4 rings (SSSR count). The molecule has 0 radical (unpaired) electrons. The fourth-order valence-electron chi connectivity index (χ4n) is 3.24. The Morgan fingerprint density at radius 1 is 0.741 bits per heavy atom. The average molecular weight is 402 g/mol. The zero-order chi connectivity index (χ0) is 18.6. The number of aromatic nitrogens is 3. The predicted octanol–water partition coefficient (Wildman–Crippen LogP) is 3.96. The van der Waals surface area contributed by atoms with Gasteiger partial charge in [-0.25, -0.2) is 9.67 Å². The van der Waals surface area contributed by atoms with Crippen LogP contribution in [0.15, 0.2) is 54.9 Å². The summed E-state index contributed by atoms with van der Waals surface area (Å²) in [6, 6.07) is 15.9. The summed E-state index contributed by atoms with van der Waals surface area (Å²) in [6.45, 7) is 5.49. The van der Waals surface area contributed by atoms with Gasteiger partial charge in [-0.1, -0.05) is 47.5 Å². The maximum Gasteiger partial charge on any atom is 0.244 e. The molecule has 1 fully saturated rings. The molecular formula is C20H21Cl2N5. The van der Waals surface area contributed by atoms with E-state index in [-0.39, 0.29) is 0 Å². The van der Waals surface area contributed by atoms with Crippen LogP contribution in [0.2, 0.25) is 10.0 Å². The van der Waals surface area contributed by atoms with Crippen LogP contribution in [-0.4, -0.2) is 45.8 Å². The molecule has 2 aromatic carbocycles. The number of halogens is 2. The molecule has 7 heteroatoms. The highest BCUT2D eigenvalue weighted by molar-refractivity contribution is 6.30. The lowest BCUT2D eigenvalue weighted by atomic mass is 10.2. The summed E-state index contributed by atoms with van der Waals surface area (Å²) >= 11 is 11.9. The molecule has 0 amide bonds. The lowest BCUT2D eigenvalue weighted by molar-refractivity contribution is 0.248. The second-order valence-corrected chi connectivity index (χ2v) is 7.63. The zero-order valence-corrected chi connectivity index (χ0v) is 16.4. The molecule has 0 spiro atoms. The minimum Gasteiger partial charge on any atom is -0.337 e. The molecule has 1 saturated heterocycles. The normalized spacial score (nSPS) is 15.3. The van der Waals surface area contributed by atoms with Gasteiger partial charge in [0.15, 0.2) is 0 Å². The van der Waals surface area contributed by atoms with Gasteiger partial charge in [0.2, 0.25) is 5.95 Å². The second kappa shape index (κ2) is 8.30. The number of nitrogens with zero attached hydrogens (tertiary/aromatic N) is 5. The van der Waals surface area contributed by atoms with Crippen molar-refractivity contribution in [2.75, 3.05) is 31.1 Å². The minimum absolute atomic E-state index is 0.695. The van der Waals surface area contributed by atoms with Gasteiger partial charge in [-0.3, -0.25) is 4.90 Å². The Morgan fingerprint density at radius 2 is 1.30 bits per heavy atom. The molecule has 0 unspecified atom stereocenters. The van der Waals surface area contributed by atoms with Crippen molar-refractivity contribution >= 4 is 29.2 Å². The Bertz CT molecular complexity index is 868. The molecule has 140 valence electrons. The van der Waals surface area contributed by atoms with Crippen LogP contribution >= 0.6 is 23.2 Å². The fourth-order valence-corrected chi connectivity index (χ4v) is 3.49. The van der Waals surface area contributed by atoms with Gasteiger partial charge in [-0.05, 0) is 35.4 Å². The van der Waals surface area contributed by atoms with Crippen LogP contribution in [0, 0.1) is 0 Å². The van der Waals surface area contributed by atoms with E-state index >= 15 is 0 Å². The first-order valence-corrected chi connectivity index (χ1v) is 9.77. The smallest absolute Gasteiger partial charge is 0.244 e. The monoisotopic (exact) mass is 401 g/mol. The largest absolute Gasteiger partial charge is 0.337 e. The van der Waals surface area contributed by atoms with Crippen LogP contribution in [0.1, 0.15) is 11.1 Å². The van der Waals surface area contributed by atoms with E-state index in [9.17, 15) is 0 Å². The van der Waals surface area contributed by atoms with E-state index in [2.05, 4.69) is 32.0 Å². The van der Waals surface area contributed by atoms with E-state index in [1.54, 1.807) is 6.33 Å². The highest BCUT2D eigenvalue weighted by atomic mass is 35.5. The first-order valence-electron chi connectivity index (χ1n) is 9.01. The molecule has 1 aliphatic heterocycles. The van der Waals surface area contributed by atoms with Crippen molar-refractivity contribution in [3.8, 4) is 0 Å². The van der Waals surface area contributed by atoms with E-state index in [0.717, 1.165) is 54.3 Å². The van der Waals surface area contributed by atoms with Gasteiger partial charge in [-0.15, -0.1) is 5.10 Å². The molecule has 0 atom stereocenters. The number of piperazine rings is 1. The number of rotatable bonds is 5. The van der Waals surface area contributed by atoms with Crippen molar-refractivity contribution in [2.24, 2.45) is 0 Å². The Kier molecular flexibility index (Phi) is 5.62. The van der Waals surface area contributed by atoms with Crippen LogP contribution in [0.3, 0.4) is 0 Å². The Morgan fingerprint density at radius 3 is 1.89 bits per heavy atom. The SMILES string of the molecule is Clc1ccc(CN2CCN(c3ncn(Cc4ccc(Cl)cc4)n3)CC2)cc1. The third kappa shape index (κ3) is 4.80. The number of hydrogen-bond donors (Lipinski definition) is 0. The molecule has 0 aliphatic carbocycles. The van der Waals surface area contributed by atoms with Crippen molar-refractivity contribution in [1.82, 2.24) is 19.7 Å². The van der Waals surface area contributed by atoms with E-state index in [1.165, 1.54) is 5.56 Å². The van der Waals surface area contributed by atoms with Gasteiger partial charge in [-0.2, -0.15) is 0 Å². The van der Waals surface area contributed by atoms with E-state index in [1.807, 2.05) is 41.1 Å². The fraction of sp³-hybridized carbons (Fsp3) is 0.300. The zero-order valence-electron chi connectivity index (χ0n) is 14.9. The molecule has 27 heavy (non-hydrogen) atoms. The summed E-state index contributed by atoms with van der Waals surface area (Å²) in [4.78, 5) is 9.19. The lowest BCUT2D eigenvalue weighted by Crippen LogP contribution is -2.46. The van der Waals surface area contributed by atoms with Crippen molar-refractivity contribution in [3.63, 3.8) is 0 Å². The molecule has 5 nitrogen and oxygen atoms in total. The van der Waals surface area contributed by atoms with Gasteiger partial charge in [0, 0.05) is 42.8 Å². The van der Waals surface area contributed by atoms with Gasteiger partial charge in [0.1, 0.15) is 6.33 Å². The molecule has 2 heterocycles. The highest BCUT2D eigenvalue weighted by Crippen LogP contribution is 2.16. The van der Waals surface area contributed by atoms with Crippen LogP contribution in [0.5, 0.6) is 0 Å². The van der Waals surface area contributed by atoms with Crippen LogP contribution in [0.25, 0.3) is 0 Å². The second-order valence-electron chi connectivity index (χ2n) is 6.76. The van der Waals surface area contributed by atoms with Crippen LogP contribution in [-0.2, 0) is 13.1 Å². The third-order valence-corrected chi connectivity index (χ3v) is 5.26. The molecule has 0 N–H and O–H groups in total. The molecule has 1 aliphatic rings. The van der Waals surface area contributed by atoms with E-state index in [0.29, 0.717) is 6.54 Å². The van der Waals surface area contributed by atoms with Crippen molar-refractivity contribution < 1.29 is 0 Å². The summed E-state index contributed by atoms with van der Waals surface area (Å²) in [5.41, 5.74) is 2.45. The first-order chi connectivity index (χ1) is 13.2. The molecular weight excluding hydrogens is 381 g/mol. The lowest BCUT2D eigenvalue weighted by Gasteiger charge is -2.34. The Labute approximate surface area is 169 Å². The first kappa shape index (κ1) is 18.3. The number of benzene rings is 2. The number of anilines is 1. The Balaban J connectivity index is 1.31. The van der Waals surface area contributed by atoms with Gasteiger partial charge < -0.3 is 4.90 Å². The van der Waals surface area contributed by atoms with Crippen molar-refractivity contribution in [1.29, 1.82) is 0 Å². The molecule has 0 saturated carbocycles. The summed E-state index contributed by atoms with van der Waals surface area (Å²) in [5, 5.41) is 6.16. The summed E-state index contributed by atoms with van der Waals surface area (Å²) in [7, 11) is 0. The maximum absolute atomic E-state index is 5.96. The molecule has 3 aromatic rings. The van der Waals surface area contributed by atoms with Gasteiger partial charge >= 0.3 is 0 Å².